The van der Waals surface area contributed by atoms with Gasteiger partial charge in [-0.05, 0) is 39.1 Å². The number of carbonyl (C=O) groups is 1. The van der Waals surface area contributed by atoms with E-state index in [0.717, 1.165) is 13.1 Å². The van der Waals surface area contributed by atoms with E-state index >= 15 is 0 Å². The number of hydrogen-bond acceptors (Lipinski definition) is 4. The predicted octanol–water partition coefficient (Wildman–Crippen LogP) is 1.99. The van der Waals surface area contributed by atoms with Crippen LogP contribution in [0.3, 0.4) is 0 Å². The summed E-state index contributed by atoms with van der Waals surface area (Å²) in [6.07, 6.45) is 0. The lowest BCUT2D eigenvalue weighted by molar-refractivity contribution is -0.127. The Morgan fingerprint density at radius 2 is 1.88 bits per heavy atom. The molecule has 0 spiro atoms. The molecule has 6 nitrogen and oxygen atoms in total. The molecule has 142 valence electrons. The van der Waals surface area contributed by atoms with Crippen LogP contribution in [0.15, 0.2) is 22.5 Å². The Morgan fingerprint density at radius 1 is 1.20 bits per heavy atom. The highest BCUT2D eigenvalue weighted by Crippen LogP contribution is 2.07. The number of nitrogens with zero attached hydrogens (tertiary/aromatic N) is 3. The molecule has 1 rings (SSSR count). The molecule has 2 N–H and O–H groups in total. The molecule has 0 saturated carbocycles. The second kappa shape index (κ2) is 11.1. The normalized spacial score (nSPS) is 12.1. The first-order chi connectivity index (χ1) is 11.8. The van der Waals surface area contributed by atoms with Gasteiger partial charge in [-0.1, -0.05) is 6.07 Å². The fourth-order valence-corrected chi connectivity index (χ4v) is 3.11. The molecule has 0 unspecified atom stereocenters. The lowest BCUT2D eigenvalue weighted by Gasteiger charge is -2.30. The van der Waals surface area contributed by atoms with Crippen molar-refractivity contribution >= 4 is 23.2 Å². The van der Waals surface area contributed by atoms with E-state index < -0.39 is 0 Å². The first kappa shape index (κ1) is 21.4. The van der Waals surface area contributed by atoms with Crippen LogP contribution in [0, 0.1) is 0 Å². The van der Waals surface area contributed by atoms with Gasteiger partial charge in [0.25, 0.3) is 0 Å². The largest absolute Gasteiger partial charge is 0.355 e. The fourth-order valence-electron chi connectivity index (χ4n) is 2.46. The highest BCUT2D eigenvalue weighted by atomic mass is 32.1. The maximum Gasteiger partial charge on any atom is 0.243 e. The van der Waals surface area contributed by atoms with Crippen molar-refractivity contribution in [2.75, 3.05) is 33.7 Å². The van der Waals surface area contributed by atoms with E-state index in [9.17, 15) is 4.79 Å². The highest BCUT2D eigenvalue weighted by molar-refractivity contribution is 7.09. The minimum Gasteiger partial charge on any atom is -0.355 e. The Hall–Kier alpha value is -1.60. The van der Waals surface area contributed by atoms with Gasteiger partial charge in [0.05, 0.1) is 6.54 Å². The number of likely N-dealkylation sites (N-methyl/N-ethyl adjacent to an activating group) is 1. The van der Waals surface area contributed by atoms with Gasteiger partial charge in [0.15, 0.2) is 5.96 Å². The number of hydrogen-bond donors (Lipinski definition) is 2. The van der Waals surface area contributed by atoms with E-state index in [1.165, 1.54) is 4.88 Å². The van der Waals surface area contributed by atoms with Crippen molar-refractivity contribution in [3.05, 3.63) is 22.4 Å². The molecule has 0 bridgehead atoms. The number of guanidine groups is 1. The monoisotopic (exact) mass is 367 g/mol. The Bertz CT molecular complexity index is 518. The third kappa shape index (κ3) is 8.36. The molecule has 0 aliphatic rings. The number of thiophene rings is 1. The molecule has 0 fully saturated rings. The summed E-state index contributed by atoms with van der Waals surface area (Å²) in [6, 6.07) is 5.11. The van der Waals surface area contributed by atoms with E-state index in [-0.39, 0.29) is 12.5 Å². The molecule has 0 radical (unpaired) electrons. The molecular formula is C18H33N5OS. The molecule has 25 heavy (non-hydrogen) atoms. The third-order valence-corrected chi connectivity index (χ3v) is 4.75. The molecule has 1 amide bonds. The zero-order valence-electron chi connectivity index (χ0n) is 16.4. The van der Waals surface area contributed by atoms with Crippen molar-refractivity contribution in [3.8, 4) is 0 Å². The molecule has 1 heterocycles. The van der Waals surface area contributed by atoms with Gasteiger partial charge in [-0.2, -0.15) is 0 Å². The number of carbonyl (C=O) groups excluding carboxylic acids is 1. The van der Waals surface area contributed by atoms with Gasteiger partial charge in [0, 0.05) is 44.1 Å². The van der Waals surface area contributed by atoms with E-state index in [0.29, 0.717) is 24.6 Å². The molecular weight excluding hydrogens is 334 g/mol. The minimum atomic E-state index is -0.0109. The van der Waals surface area contributed by atoms with Crippen LogP contribution in [-0.4, -0.2) is 67.5 Å². The molecule has 7 heteroatoms. The summed E-state index contributed by atoms with van der Waals surface area (Å²) in [6.45, 7) is 11.4. The van der Waals surface area contributed by atoms with Crippen LogP contribution in [0.25, 0.3) is 0 Å². The maximum atomic E-state index is 11.8. The van der Waals surface area contributed by atoms with E-state index in [4.69, 9.17) is 0 Å². The number of nitrogens with one attached hydrogen (secondary N) is 2. The van der Waals surface area contributed by atoms with Crippen molar-refractivity contribution in [2.24, 2.45) is 4.99 Å². The van der Waals surface area contributed by atoms with Gasteiger partial charge in [0.1, 0.15) is 6.54 Å². The second-order valence-corrected chi connectivity index (χ2v) is 7.77. The summed E-state index contributed by atoms with van der Waals surface area (Å²) in [7, 11) is 3.49. The van der Waals surface area contributed by atoms with E-state index in [1.807, 2.05) is 6.07 Å². The minimum absolute atomic E-state index is 0.0109. The van der Waals surface area contributed by atoms with Crippen LogP contribution >= 0.6 is 11.3 Å². The zero-order valence-corrected chi connectivity index (χ0v) is 17.2. The van der Waals surface area contributed by atoms with Crippen molar-refractivity contribution in [1.82, 2.24) is 20.4 Å². The summed E-state index contributed by atoms with van der Waals surface area (Å²) in [5.74, 6) is 0.666. The van der Waals surface area contributed by atoms with Crippen LogP contribution in [0.2, 0.25) is 0 Å². The number of rotatable bonds is 9. The Kier molecular flexibility index (Phi) is 9.52. The molecule has 0 saturated heterocycles. The summed E-state index contributed by atoms with van der Waals surface area (Å²) in [5.41, 5.74) is 0. The van der Waals surface area contributed by atoms with Crippen molar-refractivity contribution < 1.29 is 4.79 Å². The Balaban J connectivity index is 2.60. The average Bonchev–Trinajstić information content (AvgIpc) is 3.05. The number of amides is 1. The van der Waals surface area contributed by atoms with Gasteiger partial charge in [0.2, 0.25) is 5.91 Å². The van der Waals surface area contributed by atoms with Gasteiger partial charge >= 0.3 is 0 Å². The average molecular weight is 368 g/mol. The highest BCUT2D eigenvalue weighted by Gasteiger charge is 2.13. The third-order valence-electron chi connectivity index (χ3n) is 3.87. The fraction of sp³-hybridized carbons (Fsp3) is 0.667. The summed E-state index contributed by atoms with van der Waals surface area (Å²) >= 11 is 1.70. The quantitative estimate of drug-likeness (QED) is 0.518. The van der Waals surface area contributed by atoms with Crippen molar-refractivity contribution in [3.63, 3.8) is 0 Å². The van der Waals surface area contributed by atoms with Crippen LogP contribution < -0.4 is 10.6 Å². The Morgan fingerprint density at radius 3 is 2.40 bits per heavy atom. The first-order valence-corrected chi connectivity index (χ1v) is 9.69. The van der Waals surface area contributed by atoms with Gasteiger partial charge < -0.3 is 15.5 Å². The van der Waals surface area contributed by atoms with Gasteiger partial charge in [-0.25, -0.2) is 4.99 Å². The summed E-state index contributed by atoms with van der Waals surface area (Å²) in [4.78, 5) is 21.4. The van der Waals surface area contributed by atoms with Gasteiger partial charge in [-0.3, -0.25) is 9.69 Å². The number of aliphatic imine (C=N–C) groups is 1. The van der Waals surface area contributed by atoms with Crippen molar-refractivity contribution in [2.45, 2.75) is 46.3 Å². The van der Waals surface area contributed by atoms with Crippen molar-refractivity contribution in [1.29, 1.82) is 0 Å². The zero-order chi connectivity index (χ0) is 18.8. The maximum absolute atomic E-state index is 11.8. The molecule has 1 aromatic rings. The van der Waals surface area contributed by atoms with Crippen LogP contribution in [0.1, 0.15) is 32.6 Å². The smallest absolute Gasteiger partial charge is 0.243 e. The van der Waals surface area contributed by atoms with Crippen LogP contribution in [-0.2, 0) is 11.3 Å². The standard InChI is InChI=1S/C18H33N5OS/c1-14(2)23(15(3)4)10-9-19-18(21-13-17(24)22(5)6)20-12-16-8-7-11-25-16/h7-8,11,14-15H,9-10,12-13H2,1-6H3,(H2,19,20,21). The molecule has 0 aromatic carbocycles. The van der Waals surface area contributed by atoms with E-state index in [1.54, 1.807) is 30.3 Å². The Labute approximate surface area is 156 Å². The molecule has 1 aromatic heterocycles. The first-order valence-electron chi connectivity index (χ1n) is 8.81. The van der Waals surface area contributed by atoms with Crippen LogP contribution in [0.5, 0.6) is 0 Å². The topological polar surface area (TPSA) is 60.0 Å². The summed E-state index contributed by atoms with van der Waals surface area (Å²) in [5, 5.41) is 8.71. The SMILES string of the molecule is CC(C)N(CCNC(=NCC(=O)N(C)C)NCc1cccs1)C(C)C. The molecule has 0 aliphatic heterocycles. The predicted molar refractivity (Wildman–Crippen MR) is 107 cm³/mol. The lowest BCUT2D eigenvalue weighted by atomic mass is 10.2. The second-order valence-electron chi connectivity index (χ2n) is 6.74. The van der Waals surface area contributed by atoms with E-state index in [2.05, 4.69) is 59.7 Å². The van der Waals surface area contributed by atoms with Gasteiger partial charge in [-0.15, -0.1) is 11.3 Å². The van der Waals surface area contributed by atoms with Crippen LogP contribution in [0.4, 0.5) is 0 Å². The summed E-state index contributed by atoms with van der Waals surface area (Å²) < 4.78 is 0. The lowest BCUT2D eigenvalue weighted by Crippen LogP contribution is -2.45. The molecule has 0 aliphatic carbocycles. The molecule has 0 atom stereocenters.